The number of carbonyl (C=O) groups excluding carboxylic acids is 2. The van der Waals surface area contributed by atoms with Gasteiger partial charge < -0.3 is 10.2 Å². The summed E-state index contributed by atoms with van der Waals surface area (Å²) in [7, 11) is -4.10. The lowest BCUT2D eigenvalue weighted by Crippen LogP contribution is -2.53. The largest absolute Gasteiger partial charge is 0.352 e. The zero-order valence-corrected chi connectivity index (χ0v) is 22.7. The molecule has 0 heterocycles. The van der Waals surface area contributed by atoms with Crippen molar-refractivity contribution < 1.29 is 22.4 Å². The maximum Gasteiger partial charge on any atom is 0.264 e. The molecule has 0 bridgehead atoms. The first kappa shape index (κ1) is 28.8. The van der Waals surface area contributed by atoms with Crippen LogP contribution < -0.4 is 9.62 Å². The number of amides is 2. The predicted octanol–water partition coefficient (Wildman–Crippen LogP) is 4.74. The molecular weight excluding hydrogens is 505 g/mol. The highest BCUT2D eigenvalue weighted by Gasteiger charge is 2.33. The summed E-state index contributed by atoms with van der Waals surface area (Å²) in [5.41, 5.74) is 0.940. The van der Waals surface area contributed by atoms with Gasteiger partial charge in [-0.25, -0.2) is 12.8 Å². The molecule has 3 aromatic rings. The van der Waals surface area contributed by atoms with Crippen LogP contribution in [-0.4, -0.2) is 43.8 Å². The van der Waals surface area contributed by atoms with Crippen molar-refractivity contribution >= 4 is 27.5 Å². The second-order valence-electron chi connectivity index (χ2n) is 9.05. The van der Waals surface area contributed by atoms with E-state index in [2.05, 4.69) is 5.32 Å². The fraction of sp³-hybridized carbons (Fsp3) is 0.310. The summed E-state index contributed by atoms with van der Waals surface area (Å²) >= 11 is 0. The fourth-order valence-electron chi connectivity index (χ4n) is 3.99. The van der Waals surface area contributed by atoms with E-state index >= 15 is 0 Å². The van der Waals surface area contributed by atoms with Crippen LogP contribution >= 0.6 is 0 Å². The summed E-state index contributed by atoms with van der Waals surface area (Å²) in [6, 6.07) is 21.0. The van der Waals surface area contributed by atoms with E-state index in [0.29, 0.717) is 24.1 Å². The summed E-state index contributed by atoms with van der Waals surface area (Å²) in [6.45, 7) is 5.11. The van der Waals surface area contributed by atoms with E-state index < -0.39 is 34.3 Å². The number of hydrogen-bond acceptors (Lipinski definition) is 4. The highest BCUT2D eigenvalue weighted by atomic mass is 32.2. The van der Waals surface area contributed by atoms with Gasteiger partial charge in [0.15, 0.2) is 0 Å². The average Bonchev–Trinajstić information content (AvgIpc) is 2.93. The summed E-state index contributed by atoms with van der Waals surface area (Å²) in [5, 5.41) is 2.93. The van der Waals surface area contributed by atoms with Crippen LogP contribution in [0.4, 0.5) is 10.1 Å². The first-order chi connectivity index (χ1) is 18.2. The van der Waals surface area contributed by atoms with Crippen LogP contribution in [0.25, 0.3) is 0 Å². The van der Waals surface area contributed by atoms with Gasteiger partial charge in [0.05, 0.1) is 10.6 Å². The highest BCUT2D eigenvalue weighted by Crippen LogP contribution is 2.24. The normalized spacial score (nSPS) is 12.8. The molecular formula is C29H34FN3O4S. The summed E-state index contributed by atoms with van der Waals surface area (Å²) in [6.07, 6.45) is 1.02. The highest BCUT2D eigenvalue weighted by molar-refractivity contribution is 7.92. The Balaban J connectivity index is 2.01. The molecule has 0 aromatic heterocycles. The molecule has 2 amide bonds. The van der Waals surface area contributed by atoms with Crippen molar-refractivity contribution in [2.45, 2.75) is 57.1 Å². The van der Waals surface area contributed by atoms with Gasteiger partial charge >= 0.3 is 0 Å². The Morgan fingerprint density at radius 3 is 2.00 bits per heavy atom. The Hall–Kier alpha value is -3.72. The van der Waals surface area contributed by atoms with Crippen LogP contribution in [0.2, 0.25) is 0 Å². The molecule has 0 saturated heterocycles. The van der Waals surface area contributed by atoms with Crippen molar-refractivity contribution in [3.63, 3.8) is 0 Å². The molecule has 9 heteroatoms. The molecule has 0 aliphatic heterocycles. The molecule has 38 heavy (non-hydrogen) atoms. The van der Waals surface area contributed by atoms with Gasteiger partial charge in [-0.05, 0) is 61.7 Å². The number of nitrogens with zero attached hydrogens (tertiary/aromatic N) is 2. The van der Waals surface area contributed by atoms with Gasteiger partial charge in [-0.1, -0.05) is 62.4 Å². The average molecular weight is 540 g/mol. The summed E-state index contributed by atoms with van der Waals surface area (Å²) in [5.74, 6) is -1.30. The first-order valence-corrected chi connectivity index (χ1v) is 14.1. The number of para-hydroxylation sites is 1. The Kier molecular flexibility index (Phi) is 10.0. The van der Waals surface area contributed by atoms with Gasteiger partial charge in [-0.2, -0.15) is 0 Å². The zero-order chi connectivity index (χ0) is 27.7. The molecule has 0 fully saturated rings. The zero-order valence-electron chi connectivity index (χ0n) is 21.9. The minimum atomic E-state index is -4.10. The topological polar surface area (TPSA) is 86.8 Å². The van der Waals surface area contributed by atoms with Crippen molar-refractivity contribution in [1.29, 1.82) is 0 Å². The molecule has 0 spiro atoms. The molecule has 0 radical (unpaired) electrons. The van der Waals surface area contributed by atoms with Gasteiger partial charge in [0, 0.05) is 12.6 Å². The number of carbonyl (C=O) groups is 2. The van der Waals surface area contributed by atoms with Crippen LogP contribution in [-0.2, 0) is 26.2 Å². The number of rotatable bonds is 12. The molecule has 3 rings (SSSR count). The van der Waals surface area contributed by atoms with E-state index in [1.807, 2.05) is 13.8 Å². The van der Waals surface area contributed by atoms with E-state index in [4.69, 9.17) is 0 Å². The minimum Gasteiger partial charge on any atom is -0.352 e. The minimum absolute atomic E-state index is 0.0135. The van der Waals surface area contributed by atoms with Gasteiger partial charge in [-0.3, -0.25) is 13.9 Å². The SMILES string of the molecule is CC[C@H](C(=O)N[C@@H](C)CC)N(Cc1ccc(F)cc1)C(=O)CN(c1ccccc1)S(=O)(=O)c1ccccc1. The van der Waals surface area contributed by atoms with E-state index in [1.54, 1.807) is 67.6 Å². The Morgan fingerprint density at radius 2 is 1.45 bits per heavy atom. The molecule has 7 nitrogen and oxygen atoms in total. The van der Waals surface area contributed by atoms with Crippen molar-refractivity contribution in [1.82, 2.24) is 10.2 Å². The third-order valence-electron chi connectivity index (χ3n) is 6.31. The number of sulfonamides is 1. The summed E-state index contributed by atoms with van der Waals surface area (Å²) in [4.78, 5) is 28.5. The first-order valence-electron chi connectivity index (χ1n) is 12.6. The van der Waals surface area contributed by atoms with Gasteiger partial charge in [-0.15, -0.1) is 0 Å². The Bertz CT molecular complexity index is 1300. The molecule has 1 N–H and O–H groups in total. The van der Waals surface area contributed by atoms with Crippen LogP contribution in [0.15, 0.2) is 89.8 Å². The van der Waals surface area contributed by atoms with Crippen molar-refractivity contribution in [3.05, 3.63) is 96.3 Å². The van der Waals surface area contributed by atoms with Gasteiger partial charge in [0.2, 0.25) is 11.8 Å². The molecule has 3 aromatic carbocycles. The van der Waals surface area contributed by atoms with Crippen molar-refractivity contribution in [2.24, 2.45) is 0 Å². The summed E-state index contributed by atoms with van der Waals surface area (Å²) < 4.78 is 42.0. The van der Waals surface area contributed by atoms with Crippen LogP contribution in [0.3, 0.4) is 0 Å². The van der Waals surface area contributed by atoms with Crippen LogP contribution in [0.5, 0.6) is 0 Å². The molecule has 0 saturated carbocycles. The maximum absolute atomic E-state index is 13.9. The second-order valence-corrected chi connectivity index (χ2v) is 10.9. The van der Waals surface area contributed by atoms with Crippen molar-refractivity contribution in [2.75, 3.05) is 10.8 Å². The number of nitrogens with one attached hydrogen (secondary N) is 1. The molecule has 0 aliphatic rings. The second kappa shape index (κ2) is 13.2. The predicted molar refractivity (Wildman–Crippen MR) is 146 cm³/mol. The van der Waals surface area contributed by atoms with Gasteiger partial charge in [0.1, 0.15) is 18.4 Å². The number of anilines is 1. The maximum atomic E-state index is 13.9. The third kappa shape index (κ3) is 7.19. The smallest absolute Gasteiger partial charge is 0.264 e. The number of benzene rings is 3. The van der Waals surface area contributed by atoms with E-state index in [1.165, 1.54) is 29.2 Å². The fourth-order valence-corrected chi connectivity index (χ4v) is 5.43. The number of halogens is 1. The lowest BCUT2D eigenvalue weighted by atomic mass is 10.1. The molecule has 0 aliphatic carbocycles. The molecule has 202 valence electrons. The lowest BCUT2D eigenvalue weighted by Gasteiger charge is -2.33. The van der Waals surface area contributed by atoms with Crippen LogP contribution in [0, 0.1) is 5.82 Å². The third-order valence-corrected chi connectivity index (χ3v) is 8.10. The monoisotopic (exact) mass is 539 g/mol. The van der Waals surface area contributed by atoms with Crippen LogP contribution in [0.1, 0.15) is 39.2 Å². The van der Waals surface area contributed by atoms with Crippen molar-refractivity contribution in [3.8, 4) is 0 Å². The quantitative estimate of drug-likeness (QED) is 0.360. The van der Waals surface area contributed by atoms with E-state index in [0.717, 1.165) is 4.31 Å². The van der Waals surface area contributed by atoms with E-state index in [9.17, 15) is 22.4 Å². The van der Waals surface area contributed by atoms with Gasteiger partial charge in [0.25, 0.3) is 10.0 Å². The molecule has 2 atom stereocenters. The number of hydrogen-bond donors (Lipinski definition) is 1. The Morgan fingerprint density at radius 1 is 0.868 bits per heavy atom. The standard InChI is InChI=1S/C29H34FN3O4S/c1-4-22(3)31-29(35)27(5-2)32(20-23-16-18-24(30)19-17-23)28(34)21-33(25-12-8-6-9-13-25)38(36,37)26-14-10-7-11-15-26/h6-19,22,27H,4-5,20-21H2,1-3H3,(H,31,35)/t22-,27+/m0/s1. The lowest BCUT2D eigenvalue weighted by molar-refractivity contribution is -0.140. The molecule has 0 unspecified atom stereocenters. The van der Waals surface area contributed by atoms with E-state index in [-0.39, 0.29) is 23.4 Å². The Labute approximate surface area is 224 Å².